The highest BCUT2D eigenvalue weighted by atomic mass is 16.5. The van der Waals surface area contributed by atoms with Gasteiger partial charge in [-0.3, -0.25) is 4.79 Å². The van der Waals surface area contributed by atoms with Crippen LogP contribution in [0.4, 0.5) is 0 Å². The molecule has 2 N–H and O–H groups in total. The van der Waals surface area contributed by atoms with Crippen molar-refractivity contribution in [3.05, 3.63) is 29.8 Å². The van der Waals surface area contributed by atoms with Gasteiger partial charge in [0, 0.05) is 6.42 Å². The molecule has 0 fully saturated rings. The first-order valence-corrected chi connectivity index (χ1v) is 6.52. The molecule has 1 aromatic carbocycles. The van der Waals surface area contributed by atoms with Gasteiger partial charge in [-0.15, -0.1) is 0 Å². The normalized spacial score (nSPS) is 15.4. The third-order valence-electron chi connectivity index (χ3n) is 3.01. The summed E-state index contributed by atoms with van der Waals surface area (Å²) in [7, 11) is 1.34. The minimum atomic E-state index is -1.03. The first kappa shape index (κ1) is 15.5. The molecule has 1 rings (SSSR count). The molecule has 0 bridgehead atoms. The molecule has 2 atom stereocenters. The summed E-state index contributed by atoms with van der Waals surface area (Å²) in [5.74, 6) is 0.373. The van der Waals surface area contributed by atoms with E-state index in [4.69, 9.17) is 10.5 Å². The fourth-order valence-electron chi connectivity index (χ4n) is 2.03. The van der Waals surface area contributed by atoms with Crippen molar-refractivity contribution < 1.29 is 14.3 Å². The Labute approximate surface area is 114 Å². The standard InChI is InChI=1S/C15H23NO3/c1-5-12-7-6-8-13(9-12)19-11(2)10-15(3,16)14(17)18-4/h6-9,11H,5,10,16H2,1-4H3. The number of benzene rings is 1. The average Bonchev–Trinajstić information content (AvgIpc) is 2.37. The fourth-order valence-corrected chi connectivity index (χ4v) is 2.03. The Morgan fingerprint density at radius 3 is 2.74 bits per heavy atom. The minimum Gasteiger partial charge on any atom is -0.491 e. The number of aryl methyl sites for hydroxylation is 1. The van der Waals surface area contributed by atoms with E-state index in [9.17, 15) is 4.79 Å². The van der Waals surface area contributed by atoms with Crippen molar-refractivity contribution in [2.24, 2.45) is 5.73 Å². The van der Waals surface area contributed by atoms with E-state index in [1.807, 2.05) is 25.1 Å². The molecule has 0 aromatic heterocycles. The fraction of sp³-hybridized carbons (Fsp3) is 0.533. The van der Waals surface area contributed by atoms with Crippen molar-refractivity contribution in [1.29, 1.82) is 0 Å². The summed E-state index contributed by atoms with van der Waals surface area (Å²) in [5.41, 5.74) is 6.11. The van der Waals surface area contributed by atoms with Gasteiger partial charge in [-0.1, -0.05) is 19.1 Å². The molecule has 0 aliphatic rings. The third kappa shape index (κ3) is 4.56. The predicted octanol–water partition coefficient (Wildman–Crippen LogP) is 2.30. The average molecular weight is 265 g/mol. The van der Waals surface area contributed by atoms with Gasteiger partial charge in [-0.05, 0) is 38.0 Å². The van der Waals surface area contributed by atoms with E-state index >= 15 is 0 Å². The summed E-state index contributed by atoms with van der Waals surface area (Å²) < 4.78 is 10.5. The van der Waals surface area contributed by atoms with Gasteiger partial charge in [0.05, 0.1) is 13.2 Å². The molecule has 0 saturated carbocycles. The van der Waals surface area contributed by atoms with E-state index in [0.717, 1.165) is 12.2 Å². The lowest BCUT2D eigenvalue weighted by Gasteiger charge is -2.25. The van der Waals surface area contributed by atoms with Crippen LogP contribution in [0.25, 0.3) is 0 Å². The molecular formula is C15H23NO3. The molecule has 106 valence electrons. The summed E-state index contributed by atoms with van der Waals surface area (Å²) >= 11 is 0. The lowest BCUT2D eigenvalue weighted by molar-refractivity contribution is -0.147. The highest BCUT2D eigenvalue weighted by Crippen LogP contribution is 2.19. The first-order chi connectivity index (χ1) is 8.89. The van der Waals surface area contributed by atoms with Crippen LogP contribution >= 0.6 is 0 Å². The number of carbonyl (C=O) groups excluding carboxylic acids is 1. The molecule has 1 aromatic rings. The van der Waals surface area contributed by atoms with Crippen LogP contribution in [0.1, 0.15) is 32.8 Å². The number of methoxy groups -OCH3 is 1. The van der Waals surface area contributed by atoms with Crippen LogP contribution in [0.5, 0.6) is 5.75 Å². The summed E-state index contributed by atoms with van der Waals surface area (Å²) in [4.78, 5) is 11.5. The number of hydrogen-bond donors (Lipinski definition) is 1. The van der Waals surface area contributed by atoms with Crippen LogP contribution in [0, 0.1) is 0 Å². The smallest absolute Gasteiger partial charge is 0.325 e. The monoisotopic (exact) mass is 265 g/mol. The van der Waals surface area contributed by atoms with Crippen LogP contribution in [0.3, 0.4) is 0 Å². The van der Waals surface area contributed by atoms with Gasteiger partial charge in [0.25, 0.3) is 0 Å². The maximum Gasteiger partial charge on any atom is 0.325 e. The summed E-state index contributed by atoms with van der Waals surface area (Å²) in [5, 5.41) is 0. The number of esters is 1. The molecule has 0 spiro atoms. The van der Waals surface area contributed by atoms with Crippen LogP contribution in [0.2, 0.25) is 0 Å². The quantitative estimate of drug-likeness (QED) is 0.802. The Kier molecular flexibility index (Phi) is 5.36. The number of nitrogens with two attached hydrogens (primary N) is 1. The van der Waals surface area contributed by atoms with Gasteiger partial charge in [0.15, 0.2) is 0 Å². The van der Waals surface area contributed by atoms with Crippen molar-refractivity contribution in [3.8, 4) is 5.75 Å². The summed E-state index contributed by atoms with van der Waals surface area (Å²) in [6, 6.07) is 7.92. The first-order valence-electron chi connectivity index (χ1n) is 6.52. The van der Waals surface area contributed by atoms with Gasteiger partial charge < -0.3 is 15.2 Å². The SMILES string of the molecule is CCc1cccc(OC(C)CC(C)(N)C(=O)OC)c1. The Balaban J connectivity index is 2.64. The van der Waals surface area contributed by atoms with E-state index < -0.39 is 11.5 Å². The number of ether oxygens (including phenoxy) is 2. The Bertz CT molecular complexity index is 429. The van der Waals surface area contributed by atoms with E-state index in [-0.39, 0.29) is 6.10 Å². The minimum absolute atomic E-state index is 0.166. The molecule has 0 aliphatic carbocycles. The van der Waals surface area contributed by atoms with Gasteiger partial charge in [0.1, 0.15) is 11.3 Å². The number of carbonyl (C=O) groups is 1. The van der Waals surface area contributed by atoms with Gasteiger partial charge in [0.2, 0.25) is 0 Å². The maximum atomic E-state index is 11.5. The van der Waals surface area contributed by atoms with Gasteiger partial charge in [-0.2, -0.15) is 0 Å². The Morgan fingerprint density at radius 1 is 1.47 bits per heavy atom. The Morgan fingerprint density at radius 2 is 2.16 bits per heavy atom. The molecule has 2 unspecified atom stereocenters. The van der Waals surface area contributed by atoms with Crippen LogP contribution in [-0.4, -0.2) is 24.7 Å². The van der Waals surface area contributed by atoms with Crippen molar-refractivity contribution in [1.82, 2.24) is 0 Å². The second kappa shape index (κ2) is 6.57. The number of rotatable bonds is 6. The lowest BCUT2D eigenvalue weighted by Crippen LogP contribution is -2.48. The van der Waals surface area contributed by atoms with Crippen LogP contribution in [-0.2, 0) is 16.0 Å². The molecule has 4 heteroatoms. The molecule has 0 heterocycles. The Hall–Kier alpha value is -1.55. The van der Waals surface area contributed by atoms with Crippen LogP contribution < -0.4 is 10.5 Å². The van der Waals surface area contributed by atoms with Gasteiger partial charge in [-0.25, -0.2) is 0 Å². The summed E-state index contributed by atoms with van der Waals surface area (Å²) in [6.07, 6.45) is 1.19. The molecule has 4 nitrogen and oxygen atoms in total. The largest absolute Gasteiger partial charge is 0.491 e. The molecular weight excluding hydrogens is 242 g/mol. The van der Waals surface area contributed by atoms with E-state index in [1.54, 1.807) is 6.92 Å². The van der Waals surface area contributed by atoms with Crippen LogP contribution in [0.15, 0.2) is 24.3 Å². The molecule has 0 saturated heterocycles. The molecule has 0 radical (unpaired) electrons. The van der Waals surface area contributed by atoms with E-state index in [1.165, 1.54) is 12.7 Å². The van der Waals surface area contributed by atoms with Crippen molar-refractivity contribution in [2.45, 2.75) is 45.3 Å². The highest BCUT2D eigenvalue weighted by molar-refractivity contribution is 5.79. The molecule has 0 aliphatic heterocycles. The second-order valence-electron chi connectivity index (χ2n) is 5.04. The van der Waals surface area contributed by atoms with Crippen molar-refractivity contribution in [3.63, 3.8) is 0 Å². The third-order valence-corrected chi connectivity index (χ3v) is 3.01. The summed E-state index contributed by atoms with van der Waals surface area (Å²) in [6.45, 7) is 5.64. The van der Waals surface area contributed by atoms with Gasteiger partial charge >= 0.3 is 5.97 Å². The number of hydrogen-bond acceptors (Lipinski definition) is 4. The van der Waals surface area contributed by atoms with Crippen molar-refractivity contribution >= 4 is 5.97 Å². The predicted molar refractivity (Wildman–Crippen MR) is 75.1 cm³/mol. The maximum absolute atomic E-state index is 11.5. The second-order valence-corrected chi connectivity index (χ2v) is 5.04. The zero-order chi connectivity index (χ0) is 14.5. The zero-order valence-corrected chi connectivity index (χ0v) is 12.1. The topological polar surface area (TPSA) is 61.5 Å². The zero-order valence-electron chi connectivity index (χ0n) is 12.1. The molecule has 19 heavy (non-hydrogen) atoms. The van der Waals surface area contributed by atoms with E-state index in [0.29, 0.717) is 6.42 Å². The van der Waals surface area contributed by atoms with E-state index in [2.05, 4.69) is 17.7 Å². The van der Waals surface area contributed by atoms with Crippen molar-refractivity contribution in [2.75, 3.05) is 7.11 Å². The lowest BCUT2D eigenvalue weighted by atomic mass is 9.96. The highest BCUT2D eigenvalue weighted by Gasteiger charge is 2.32. The molecule has 0 amide bonds.